The fourth-order valence-electron chi connectivity index (χ4n) is 4.93. The number of alkyl halides is 1. The third-order valence-corrected chi connectivity index (χ3v) is 8.77. The number of likely N-dealkylation sites (tertiary alicyclic amines) is 1. The first-order valence-electron chi connectivity index (χ1n) is 11.0. The molecule has 2 unspecified atom stereocenters. The number of H-pyrrole nitrogens is 1. The van der Waals surface area contributed by atoms with Gasteiger partial charge in [0.05, 0.1) is 29.4 Å². The molecule has 12 nitrogen and oxygen atoms in total. The molecular weight excluding hydrogens is 493 g/mol. The smallest absolute Gasteiger partial charge is 0.407 e. The van der Waals surface area contributed by atoms with Crippen molar-refractivity contribution in [1.29, 1.82) is 5.26 Å². The second-order valence-corrected chi connectivity index (χ2v) is 10.9. The van der Waals surface area contributed by atoms with Gasteiger partial charge < -0.3 is 20.3 Å². The first kappa shape index (κ1) is 23.8. The highest BCUT2D eigenvalue weighted by Crippen LogP contribution is 2.39. The quantitative estimate of drug-likeness (QED) is 0.474. The second-order valence-electron chi connectivity index (χ2n) is 8.92. The van der Waals surface area contributed by atoms with E-state index in [9.17, 15) is 28.4 Å². The fraction of sp³-hybridized carbons (Fsp3) is 0.364. The van der Waals surface area contributed by atoms with Crippen LogP contribution in [0.2, 0.25) is 0 Å². The minimum absolute atomic E-state index is 0.00243. The van der Waals surface area contributed by atoms with Gasteiger partial charge in [-0.2, -0.15) is 14.7 Å². The topological polar surface area (TPSA) is 164 Å². The van der Waals surface area contributed by atoms with Crippen LogP contribution in [0.1, 0.15) is 18.4 Å². The van der Waals surface area contributed by atoms with E-state index in [1.165, 1.54) is 28.3 Å². The van der Waals surface area contributed by atoms with Crippen LogP contribution in [0.25, 0.3) is 10.9 Å². The van der Waals surface area contributed by atoms with Crippen LogP contribution in [-0.4, -0.2) is 69.9 Å². The number of sulfonamides is 1. The normalized spacial score (nSPS) is 23.4. The number of carbonyl (C=O) groups is 1. The van der Waals surface area contributed by atoms with Crippen molar-refractivity contribution in [1.82, 2.24) is 24.0 Å². The molecule has 14 heteroatoms. The van der Waals surface area contributed by atoms with E-state index in [1.807, 2.05) is 6.07 Å². The number of pyridine rings is 1. The second kappa shape index (κ2) is 8.32. The number of piperidine rings is 1. The molecule has 5 rings (SSSR count). The lowest BCUT2D eigenvalue weighted by molar-refractivity contribution is 0.0170. The number of nitrogens with one attached hydrogen (secondary N) is 2. The molecule has 0 radical (unpaired) electrons. The standard InChI is InChI=1S/C22H22FN7O5S/c1-28-11-13-10-14(2-3-16(13)36(28,34)35)26-19-18-15(4-8-25-20(18)31)30(27-19)22(5-7-24)6-9-29(21(32)33)12-17(22)23/h2-4,8,10,17H,5-6,9,11-12H2,1H3,(H,25,31)(H,26,27)(H,32,33). The molecule has 1 fully saturated rings. The molecule has 36 heavy (non-hydrogen) atoms. The number of fused-ring (bicyclic) bond motifs is 2. The van der Waals surface area contributed by atoms with Crippen LogP contribution in [0.5, 0.6) is 0 Å². The van der Waals surface area contributed by atoms with Crippen LogP contribution < -0.4 is 10.9 Å². The highest BCUT2D eigenvalue weighted by atomic mass is 32.2. The predicted octanol–water partition coefficient (Wildman–Crippen LogP) is 1.93. The lowest BCUT2D eigenvalue weighted by Gasteiger charge is -2.42. The molecule has 0 saturated carbocycles. The third-order valence-electron chi connectivity index (χ3n) is 6.86. The maximum absolute atomic E-state index is 15.6. The molecule has 3 aromatic rings. The number of hydrogen-bond donors (Lipinski definition) is 3. The van der Waals surface area contributed by atoms with Crippen LogP contribution in [0.3, 0.4) is 0 Å². The molecule has 2 aliphatic rings. The van der Waals surface area contributed by atoms with E-state index in [1.54, 1.807) is 18.2 Å². The Morgan fingerprint density at radius 3 is 2.89 bits per heavy atom. The predicted molar refractivity (Wildman–Crippen MR) is 126 cm³/mol. The Balaban J connectivity index is 1.61. The van der Waals surface area contributed by atoms with Gasteiger partial charge in [-0.25, -0.2) is 17.6 Å². The number of carboxylic acid groups (broad SMARTS) is 1. The summed E-state index contributed by atoms with van der Waals surface area (Å²) in [5.74, 6) is 0.103. The average Bonchev–Trinajstić information content (AvgIpc) is 3.30. The van der Waals surface area contributed by atoms with Crippen LogP contribution in [0, 0.1) is 11.3 Å². The van der Waals surface area contributed by atoms with Gasteiger partial charge in [-0.15, -0.1) is 0 Å². The molecule has 3 N–H and O–H groups in total. The Kier molecular flexibility index (Phi) is 5.49. The Morgan fingerprint density at radius 1 is 1.42 bits per heavy atom. The maximum atomic E-state index is 15.6. The van der Waals surface area contributed by atoms with Crippen LogP contribution in [-0.2, 0) is 22.1 Å². The number of anilines is 2. The van der Waals surface area contributed by atoms with Crippen molar-refractivity contribution in [2.45, 2.75) is 36.0 Å². The van der Waals surface area contributed by atoms with Gasteiger partial charge in [0.2, 0.25) is 10.0 Å². The van der Waals surface area contributed by atoms with E-state index >= 15 is 4.39 Å². The van der Waals surface area contributed by atoms with E-state index in [4.69, 9.17) is 0 Å². The number of amides is 1. The van der Waals surface area contributed by atoms with Crippen LogP contribution in [0.15, 0.2) is 40.2 Å². The summed E-state index contributed by atoms with van der Waals surface area (Å²) in [5, 5.41) is 26.5. The third kappa shape index (κ3) is 3.50. The van der Waals surface area contributed by atoms with Crippen molar-refractivity contribution in [3.63, 3.8) is 0 Å². The first-order valence-corrected chi connectivity index (χ1v) is 12.5. The number of halogens is 1. The van der Waals surface area contributed by atoms with E-state index in [0.29, 0.717) is 11.3 Å². The van der Waals surface area contributed by atoms with Crippen molar-refractivity contribution in [2.24, 2.45) is 0 Å². The summed E-state index contributed by atoms with van der Waals surface area (Å²) in [6.45, 7) is -0.244. The molecule has 1 aromatic carbocycles. The van der Waals surface area contributed by atoms with Gasteiger partial charge in [-0.3, -0.25) is 9.48 Å². The number of rotatable bonds is 4. The summed E-state index contributed by atoms with van der Waals surface area (Å²) in [6.07, 6.45) is -1.91. The number of nitriles is 1. The first-order chi connectivity index (χ1) is 17.1. The van der Waals surface area contributed by atoms with Gasteiger partial charge in [-0.05, 0) is 36.2 Å². The molecule has 2 atom stereocenters. The molecule has 1 saturated heterocycles. The lowest BCUT2D eigenvalue weighted by Crippen LogP contribution is -2.56. The van der Waals surface area contributed by atoms with Crippen molar-refractivity contribution in [2.75, 3.05) is 25.5 Å². The Hall–Kier alpha value is -3.96. The Labute approximate surface area is 204 Å². The van der Waals surface area contributed by atoms with E-state index < -0.39 is 39.9 Å². The highest BCUT2D eigenvalue weighted by Gasteiger charge is 2.48. The summed E-state index contributed by atoms with van der Waals surface area (Å²) in [6, 6.07) is 8.21. The molecule has 0 bridgehead atoms. The van der Waals surface area contributed by atoms with Gasteiger partial charge in [0, 0.05) is 32.0 Å². The van der Waals surface area contributed by atoms with Gasteiger partial charge in [0.1, 0.15) is 17.1 Å². The Bertz CT molecular complexity index is 1590. The van der Waals surface area contributed by atoms with Gasteiger partial charge in [0.15, 0.2) is 5.82 Å². The summed E-state index contributed by atoms with van der Waals surface area (Å²) < 4.78 is 42.9. The van der Waals surface area contributed by atoms with E-state index in [0.717, 1.165) is 4.90 Å². The number of hydrogen-bond acceptors (Lipinski definition) is 7. The summed E-state index contributed by atoms with van der Waals surface area (Å²) in [7, 11) is -2.06. The number of benzene rings is 1. The lowest BCUT2D eigenvalue weighted by atomic mass is 9.83. The van der Waals surface area contributed by atoms with Crippen molar-refractivity contribution in [3.8, 4) is 6.07 Å². The number of aromatic nitrogens is 3. The average molecular weight is 516 g/mol. The minimum atomic E-state index is -3.54. The zero-order valence-electron chi connectivity index (χ0n) is 19.1. The van der Waals surface area contributed by atoms with Crippen LogP contribution >= 0.6 is 0 Å². The van der Waals surface area contributed by atoms with E-state index in [-0.39, 0.29) is 47.5 Å². The van der Waals surface area contributed by atoms with Crippen LogP contribution in [0.4, 0.5) is 20.7 Å². The summed E-state index contributed by atoms with van der Waals surface area (Å²) >= 11 is 0. The van der Waals surface area contributed by atoms with E-state index in [2.05, 4.69) is 15.4 Å². The summed E-state index contributed by atoms with van der Waals surface area (Å²) in [4.78, 5) is 27.9. The van der Waals surface area contributed by atoms with Gasteiger partial charge in [-0.1, -0.05) is 0 Å². The SMILES string of the molecule is CN1Cc2cc(Nc3nn(C4(CC#N)CCN(C(=O)O)CC4F)c4cc[nH]c(=O)c34)ccc2S1(=O)=O. The fourth-order valence-corrected chi connectivity index (χ4v) is 6.27. The van der Waals surface area contributed by atoms with Crippen molar-refractivity contribution < 1.29 is 22.7 Å². The molecule has 2 aliphatic heterocycles. The molecule has 0 aliphatic carbocycles. The van der Waals surface area contributed by atoms with Crippen molar-refractivity contribution >= 4 is 38.5 Å². The highest BCUT2D eigenvalue weighted by molar-refractivity contribution is 7.89. The van der Waals surface area contributed by atoms with Crippen molar-refractivity contribution in [3.05, 3.63) is 46.4 Å². The number of aromatic amines is 1. The monoisotopic (exact) mass is 515 g/mol. The maximum Gasteiger partial charge on any atom is 0.407 e. The minimum Gasteiger partial charge on any atom is -0.465 e. The molecule has 0 spiro atoms. The molecule has 1 amide bonds. The zero-order valence-corrected chi connectivity index (χ0v) is 19.9. The summed E-state index contributed by atoms with van der Waals surface area (Å²) in [5.41, 5.74) is -0.644. The largest absolute Gasteiger partial charge is 0.465 e. The molecular formula is C22H22FN7O5S. The van der Waals surface area contributed by atoms with Gasteiger partial charge >= 0.3 is 6.09 Å². The number of nitrogens with zero attached hydrogens (tertiary/aromatic N) is 5. The Morgan fingerprint density at radius 2 is 2.19 bits per heavy atom. The molecule has 2 aromatic heterocycles. The molecule has 188 valence electrons. The zero-order chi connectivity index (χ0) is 25.8. The van der Waals surface area contributed by atoms with Gasteiger partial charge in [0.25, 0.3) is 5.56 Å². The molecule has 4 heterocycles.